The molecule has 6 nitrogen and oxygen atoms in total. The smallest absolute Gasteiger partial charge is 0.356 e. The molecule has 0 fully saturated rings. The zero-order chi connectivity index (χ0) is 15.6. The fourth-order valence-electron chi connectivity index (χ4n) is 1.62. The quantitative estimate of drug-likeness (QED) is 0.818. The molecule has 0 saturated carbocycles. The highest BCUT2D eigenvalue weighted by Gasteiger charge is 2.20. The summed E-state index contributed by atoms with van der Waals surface area (Å²) in [6.45, 7) is 1.30. The van der Waals surface area contributed by atoms with Gasteiger partial charge in [-0.2, -0.15) is 0 Å². The molecule has 1 heterocycles. The maximum absolute atomic E-state index is 11.4. The largest absolute Gasteiger partial charge is 0.495 e. The number of carbonyl (C=O) groups excluding carboxylic acids is 1. The van der Waals surface area contributed by atoms with Gasteiger partial charge in [-0.25, -0.2) is 9.78 Å². The van der Waals surface area contributed by atoms with E-state index in [9.17, 15) is 9.59 Å². The molecule has 0 saturated heterocycles. The van der Waals surface area contributed by atoms with Crippen LogP contribution in [0.1, 0.15) is 27.1 Å². The number of halogens is 1. The van der Waals surface area contributed by atoms with E-state index in [1.807, 2.05) is 0 Å². The number of aromatic carboxylic acids is 1. The Hall–Kier alpha value is -2.12. The third-order valence-corrected chi connectivity index (χ3v) is 3.92. The average Bonchev–Trinajstić information content (AvgIpc) is 2.83. The van der Waals surface area contributed by atoms with E-state index in [4.69, 9.17) is 21.4 Å². The van der Waals surface area contributed by atoms with Crippen LogP contribution >= 0.6 is 22.9 Å². The van der Waals surface area contributed by atoms with E-state index in [2.05, 4.69) is 10.3 Å². The minimum absolute atomic E-state index is 0.101. The van der Waals surface area contributed by atoms with Gasteiger partial charge in [0.25, 0.3) is 0 Å². The van der Waals surface area contributed by atoms with E-state index < -0.39 is 5.97 Å². The SMILES string of the molecule is COc1ccc(Nc2nc(C(=O)O)c(C(C)=O)s2)cc1Cl. The summed E-state index contributed by atoms with van der Waals surface area (Å²) in [6, 6.07) is 5.00. The van der Waals surface area contributed by atoms with Gasteiger partial charge >= 0.3 is 5.97 Å². The molecular weight excluding hydrogens is 316 g/mol. The first-order valence-corrected chi connectivity index (χ1v) is 6.97. The lowest BCUT2D eigenvalue weighted by molar-refractivity contribution is 0.0687. The van der Waals surface area contributed by atoms with Crippen LogP contribution in [0, 0.1) is 0 Å². The summed E-state index contributed by atoms with van der Waals surface area (Å²) in [5.74, 6) is -1.06. The van der Waals surface area contributed by atoms with Gasteiger partial charge in [0.15, 0.2) is 16.6 Å². The van der Waals surface area contributed by atoms with E-state index in [0.717, 1.165) is 11.3 Å². The van der Waals surface area contributed by atoms with Crippen LogP contribution in [-0.2, 0) is 0 Å². The number of ether oxygens (including phenoxy) is 1. The maximum Gasteiger partial charge on any atom is 0.356 e. The lowest BCUT2D eigenvalue weighted by Gasteiger charge is -2.06. The predicted octanol–water partition coefficient (Wildman–Crippen LogP) is 3.45. The molecule has 2 rings (SSSR count). The van der Waals surface area contributed by atoms with Crippen molar-refractivity contribution >= 4 is 45.5 Å². The van der Waals surface area contributed by atoms with Crippen molar-refractivity contribution < 1.29 is 19.4 Å². The van der Waals surface area contributed by atoms with Crippen LogP contribution in [0.5, 0.6) is 5.75 Å². The van der Waals surface area contributed by atoms with Gasteiger partial charge in [0, 0.05) is 12.6 Å². The molecule has 1 aromatic heterocycles. The summed E-state index contributed by atoms with van der Waals surface area (Å²) in [5.41, 5.74) is 0.358. The second-order valence-electron chi connectivity index (χ2n) is 4.03. The number of rotatable bonds is 5. The number of thiazole rings is 1. The lowest BCUT2D eigenvalue weighted by Crippen LogP contribution is -2.03. The van der Waals surface area contributed by atoms with Crippen molar-refractivity contribution in [3.8, 4) is 5.75 Å². The first kappa shape index (κ1) is 15.3. The molecule has 110 valence electrons. The number of nitrogens with one attached hydrogen (secondary N) is 1. The van der Waals surface area contributed by atoms with E-state index in [1.165, 1.54) is 14.0 Å². The van der Waals surface area contributed by atoms with Gasteiger partial charge in [0.1, 0.15) is 10.6 Å². The van der Waals surface area contributed by atoms with Crippen LogP contribution in [0.3, 0.4) is 0 Å². The standard InChI is InChI=1S/C13H11ClN2O4S/c1-6(17)11-10(12(18)19)16-13(21-11)15-7-3-4-9(20-2)8(14)5-7/h3-5H,1-2H3,(H,15,16)(H,18,19). The number of benzene rings is 1. The highest BCUT2D eigenvalue weighted by atomic mass is 35.5. The summed E-state index contributed by atoms with van der Waals surface area (Å²) >= 11 is 6.98. The summed E-state index contributed by atoms with van der Waals surface area (Å²) in [7, 11) is 1.51. The Morgan fingerprint density at radius 3 is 2.62 bits per heavy atom. The van der Waals surface area contributed by atoms with Crippen LogP contribution in [-0.4, -0.2) is 29.0 Å². The van der Waals surface area contributed by atoms with Crippen molar-refractivity contribution in [3.63, 3.8) is 0 Å². The van der Waals surface area contributed by atoms with E-state index in [1.54, 1.807) is 18.2 Å². The number of Topliss-reactive ketones (excluding diaryl/α,β-unsaturated/α-hetero) is 1. The Labute approximate surface area is 129 Å². The topological polar surface area (TPSA) is 88.5 Å². The Kier molecular flexibility index (Phi) is 4.44. The van der Waals surface area contributed by atoms with Crippen LogP contribution in [0.4, 0.5) is 10.8 Å². The molecule has 0 spiro atoms. The molecule has 0 aliphatic heterocycles. The average molecular weight is 327 g/mol. The molecule has 0 amide bonds. The molecule has 21 heavy (non-hydrogen) atoms. The molecule has 0 radical (unpaired) electrons. The van der Waals surface area contributed by atoms with E-state index in [-0.39, 0.29) is 16.4 Å². The molecule has 8 heteroatoms. The minimum Gasteiger partial charge on any atom is -0.495 e. The van der Waals surface area contributed by atoms with Crippen LogP contribution in [0.25, 0.3) is 0 Å². The van der Waals surface area contributed by atoms with Gasteiger partial charge in [0.2, 0.25) is 0 Å². The zero-order valence-electron chi connectivity index (χ0n) is 11.1. The zero-order valence-corrected chi connectivity index (χ0v) is 12.7. The van der Waals surface area contributed by atoms with E-state index >= 15 is 0 Å². The third-order valence-electron chi connectivity index (χ3n) is 2.55. The van der Waals surface area contributed by atoms with Gasteiger partial charge in [-0.05, 0) is 18.2 Å². The van der Waals surface area contributed by atoms with Crippen LogP contribution in [0.2, 0.25) is 5.02 Å². The number of nitrogens with zero attached hydrogens (tertiary/aromatic N) is 1. The van der Waals surface area contributed by atoms with Crippen molar-refractivity contribution in [2.45, 2.75) is 6.92 Å². The highest BCUT2D eigenvalue weighted by molar-refractivity contribution is 7.17. The second-order valence-corrected chi connectivity index (χ2v) is 5.44. The number of hydrogen-bond acceptors (Lipinski definition) is 6. The minimum atomic E-state index is -1.24. The first-order chi connectivity index (χ1) is 9.92. The molecule has 0 aliphatic carbocycles. The number of aromatic nitrogens is 1. The van der Waals surface area contributed by atoms with Crippen molar-refractivity contribution in [2.75, 3.05) is 12.4 Å². The van der Waals surface area contributed by atoms with Crippen molar-refractivity contribution in [1.29, 1.82) is 0 Å². The third kappa shape index (κ3) is 3.32. The van der Waals surface area contributed by atoms with Crippen molar-refractivity contribution in [1.82, 2.24) is 4.98 Å². The fourth-order valence-corrected chi connectivity index (χ4v) is 2.75. The van der Waals surface area contributed by atoms with E-state index in [0.29, 0.717) is 21.6 Å². The molecular formula is C13H11ClN2O4S. The number of anilines is 2. The van der Waals surface area contributed by atoms with Gasteiger partial charge in [-0.3, -0.25) is 4.79 Å². The number of carbonyl (C=O) groups is 2. The van der Waals surface area contributed by atoms with Gasteiger partial charge in [-0.1, -0.05) is 22.9 Å². The predicted molar refractivity (Wildman–Crippen MR) is 80.4 cm³/mol. The Morgan fingerprint density at radius 2 is 2.14 bits per heavy atom. The number of hydrogen-bond donors (Lipinski definition) is 2. The lowest BCUT2D eigenvalue weighted by atomic mass is 10.3. The second kappa shape index (κ2) is 6.11. The van der Waals surface area contributed by atoms with Gasteiger partial charge in [-0.15, -0.1) is 0 Å². The van der Waals surface area contributed by atoms with Crippen molar-refractivity contribution in [2.24, 2.45) is 0 Å². The Morgan fingerprint density at radius 1 is 1.43 bits per heavy atom. The maximum atomic E-state index is 11.4. The van der Waals surface area contributed by atoms with Gasteiger partial charge in [0.05, 0.1) is 12.1 Å². The van der Waals surface area contributed by atoms with Crippen molar-refractivity contribution in [3.05, 3.63) is 33.8 Å². The summed E-state index contributed by atoms with van der Waals surface area (Å²) < 4.78 is 5.04. The number of carboxylic acids is 1. The molecule has 0 unspecified atom stereocenters. The Bertz CT molecular complexity index is 683. The van der Waals surface area contributed by atoms with Gasteiger partial charge < -0.3 is 15.2 Å². The summed E-state index contributed by atoms with van der Waals surface area (Å²) in [6.07, 6.45) is 0. The molecule has 0 atom stereocenters. The molecule has 1 aromatic carbocycles. The molecule has 0 bridgehead atoms. The first-order valence-electron chi connectivity index (χ1n) is 5.78. The monoisotopic (exact) mass is 326 g/mol. The van der Waals surface area contributed by atoms with Crippen LogP contribution < -0.4 is 10.1 Å². The molecule has 2 aromatic rings. The number of carboxylic acid groups (broad SMARTS) is 1. The summed E-state index contributed by atoms with van der Waals surface area (Å²) in [4.78, 5) is 26.5. The number of ketones is 1. The summed E-state index contributed by atoms with van der Waals surface area (Å²) in [5, 5.41) is 12.7. The highest BCUT2D eigenvalue weighted by Crippen LogP contribution is 2.31. The normalized spacial score (nSPS) is 10.2. The fraction of sp³-hybridized carbons (Fsp3) is 0.154. The molecule has 0 aliphatic rings. The molecule has 2 N–H and O–H groups in total. The van der Waals surface area contributed by atoms with Crippen LogP contribution in [0.15, 0.2) is 18.2 Å². The number of methoxy groups -OCH3 is 1. The Balaban J connectivity index is 2.31.